The van der Waals surface area contributed by atoms with Gasteiger partial charge in [-0.2, -0.15) is 0 Å². The number of aryl methyl sites for hydroxylation is 1. The van der Waals surface area contributed by atoms with E-state index in [4.69, 9.17) is 4.74 Å². The van der Waals surface area contributed by atoms with Crippen molar-refractivity contribution in [1.29, 1.82) is 0 Å². The molecule has 0 bridgehead atoms. The van der Waals surface area contributed by atoms with Gasteiger partial charge in [-0.15, -0.1) is 11.3 Å². The number of anilines is 2. The van der Waals surface area contributed by atoms with Crippen LogP contribution < -0.4 is 10.6 Å². The van der Waals surface area contributed by atoms with Crippen molar-refractivity contribution in [2.45, 2.75) is 39.4 Å². The van der Waals surface area contributed by atoms with Gasteiger partial charge in [0.05, 0.1) is 24.3 Å². The van der Waals surface area contributed by atoms with Crippen molar-refractivity contribution >= 4 is 34.1 Å². The van der Waals surface area contributed by atoms with E-state index in [1.807, 2.05) is 49.9 Å². The van der Waals surface area contributed by atoms with Gasteiger partial charge in [0, 0.05) is 24.2 Å². The molecule has 0 spiro atoms. The monoisotopic (exact) mass is 388 g/mol. The maximum Gasteiger partial charge on any atom is 0.325 e. The number of nitrogens with zero attached hydrogens (tertiary/aromatic N) is 2. The minimum atomic E-state index is -0.358. The number of hydrogen-bond acceptors (Lipinski definition) is 5. The highest BCUT2D eigenvalue weighted by Gasteiger charge is 2.26. The molecule has 2 aromatic rings. The third kappa shape index (κ3) is 5.51. The Hall–Kier alpha value is -2.45. The van der Waals surface area contributed by atoms with Crippen LogP contribution in [0.25, 0.3) is 0 Å². The average molecular weight is 388 g/mol. The summed E-state index contributed by atoms with van der Waals surface area (Å²) < 4.78 is 5.66. The van der Waals surface area contributed by atoms with Gasteiger partial charge in [-0.25, -0.2) is 9.78 Å². The summed E-state index contributed by atoms with van der Waals surface area (Å²) in [4.78, 5) is 30.8. The van der Waals surface area contributed by atoms with E-state index in [9.17, 15) is 9.59 Å². The first kappa shape index (κ1) is 19.3. The first-order valence-corrected chi connectivity index (χ1v) is 9.79. The lowest BCUT2D eigenvalue weighted by Gasteiger charge is -2.35. The second-order valence-electron chi connectivity index (χ2n) is 6.83. The van der Waals surface area contributed by atoms with Crippen molar-refractivity contribution in [3.63, 3.8) is 0 Å². The summed E-state index contributed by atoms with van der Waals surface area (Å²) in [5.74, 6) is 0.0260. The standard InChI is InChI=1S/C19H24N4O3S/c1-12-5-4-6-15(7-12)20-18(25)22-19-21-16(11-27-19)8-17(24)23-9-13(2)26-14(3)10-23/h4-7,11,13-14H,8-10H2,1-3H3,(H2,20,21,22,25). The van der Waals surface area contributed by atoms with Crippen LogP contribution in [-0.2, 0) is 16.0 Å². The Labute approximate surface area is 162 Å². The second kappa shape index (κ2) is 8.49. The smallest absolute Gasteiger partial charge is 0.325 e. The fourth-order valence-corrected chi connectivity index (χ4v) is 3.78. The summed E-state index contributed by atoms with van der Waals surface area (Å²) >= 11 is 1.30. The Balaban J connectivity index is 1.53. The van der Waals surface area contributed by atoms with Crippen LogP contribution in [0.1, 0.15) is 25.1 Å². The summed E-state index contributed by atoms with van der Waals surface area (Å²) in [5, 5.41) is 7.74. The second-order valence-corrected chi connectivity index (χ2v) is 7.68. The van der Waals surface area contributed by atoms with Crippen LogP contribution in [-0.4, -0.2) is 47.1 Å². The van der Waals surface area contributed by atoms with Gasteiger partial charge in [0.15, 0.2) is 5.13 Å². The number of aromatic nitrogens is 1. The molecule has 1 aliphatic rings. The van der Waals surface area contributed by atoms with Crippen LogP contribution in [0.2, 0.25) is 0 Å². The van der Waals surface area contributed by atoms with E-state index >= 15 is 0 Å². The predicted octanol–water partition coefficient (Wildman–Crippen LogP) is 3.27. The van der Waals surface area contributed by atoms with Gasteiger partial charge >= 0.3 is 6.03 Å². The third-order valence-corrected chi connectivity index (χ3v) is 4.96. The highest BCUT2D eigenvalue weighted by Crippen LogP contribution is 2.18. The molecular formula is C19H24N4O3S. The van der Waals surface area contributed by atoms with E-state index in [2.05, 4.69) is 15.6 Å². The molecule has 2 unspecified atom stereocenters. The van der Waals surface area contributed by atoms with Crippen molar-refractivity contribution in [2.24, 2.45) is 0 Å². The maximum atomic E-state index is 12.5. The molecule has 1 aliphatic heterocycles. The van der Waals surface area contributed by atoms with Crippen molar-refractivity contribution in [2.75, 3.05) is 23.7 Å². The molecule has 27 heavy (non-hydrogen) atoms. The van der Waals surface area contributed by atoms with Crippen molar-refractivity contribution < 1.29 is 14.3 Å². The van der Waals surface area contributed by atoms with Gasteiger partial charge in [-0.3, -0.25) is 10.1 Å². The molecule has 2 heterocycles. The van der Waals surface area contributed by atoms with Crippen molar-refractivity contribution in [3.05, 3.63) is 40.9 Å². The van der Waals surface area contributed by atoms with E-state index < -0.39 is 0 Å². The Bertz CT molecular complexity index is 813. The number of thiazole rings is 1. The van der Waals surface area contributed by atoms with E-state index in [1.165, 1.54) is 11.3 Å². The minimum absolute atomic E-state index is 0.0260. The number of benzene rings is 1. The molecule has 0 saturated carbocycles. The number of amides is 3. The van der Waals surface area contributed by atoms with Crippen LogP contribution in [0.5, 0.6) is 0 Å². The molecular weight excluding hydrogens is 364 g/mol. The fourth-order valence-electron chi connectivity index (χ4n) is 3.08. The summed E-state index contributed by atoms with van der Waals surface area (Å²) in [6.45, 7) is 7.08. The van der Waals surface area contributed by atoms with Gasteiger partial charge < -0.3 is 15.0 Å². The molecule has 7 nitrogen and oxygen atoms in total. The Kier molecular flexibility index (Phi) is 6.08. The van der Waals surface area contributed by atoms with Gasteiger partial charge in [0.25, 0.3) is 0 Å². The molecule has 1 aromatic heterocycles. The summed E-state index contributed by atoms with van der Waals surface area (Å²) in [6, 6.07) is 7.19. The van der Waals surface area contributed by atoms with Crippen molar-refractivity contribution in [1.82, 2.24) is 9.88 Å². The lowest BCUT2D eigenvalue weighted by atomic mass is 10.2. The zero-order valence-corrected chi connectivity index (χ0v) is 16.5. The Morgan fingerprint density at radius 3 is 2.70 bits per heavy atom. The average Bonchev–Trinajstić information content (AvgIpc) is 3.00. The number of hydrogen-bond donors (Lipinski definition) is 2. The quantitative estimate of drug-likeness (QED) is 0.842. The van der Waals surface area contributed by atoms with Crippen LogP contribution in [0.3, 0.4) is 0 Å². The first-order chi connectivity index (χ1) is 12.9. The number of carbonyl (C=O) groups is 2. The molecule has 0 aliphatic carbocycles. The maximum absolute atomic E-state index is 12.5. The lowest BCUT2D eigenvalue weighted by molar-refractivity contribution is -0.142. The highest BCUT2D eigenvalue weighted by molar-refractivity contribution is 7.14. The van der Waals surface area contributed by atoms with Crippen LogP contribution in [0.4, 0.5) is 15.6 Å². The lowest BCUT2D eigenvalue weighted by Crippen LogP contribution is -2.48. The normalized spacial score (nSPS) is 19.6. The largest absolute Gasteiger partial charge is 0.372 e. The molecule has 0 radical (unpaired) electrons. The molecule has 2 atom stereocenters. The molecule has 8 heteroatoms. The Morgan fingerprint density at radius 1 is 1.26 bits per heavy atom. The van der Waals surface area contributed by atoms with Crippen molar-refractivity contribution in [3.8, 4) is 0 Å². The number of morpholine rings is 1. The number of rotatable bonds is 4. The summed E-state index contributed by atoms with van der Waals surface area (Å²) in [5.41, 5.74) is 2.44. The zero-order chi connectivity index (χ0) is 19.4. The van der Waals surface area contributed by atoms with E-state index in [1.54, 1.807) is 5.38 Å². The number of carbonyl (C=O) groups excluding carboxylic acids is 2. The Morgan fingerprint density at radius 2 is 2.00 bits per heavy atom. The van der Waals surface area contributed by atoms with E-state index in [-0.39, 0.29) is 30.6 Å². The molecule has 1 saturated heterocycles. The third-order valence-electron chi connectivity index (χ3n) is 4.15. The molecule has 3 amide bonds. The topological polar surface area (TPSA) is 83.6 Å². The SMILES string of the molecule is Cc1cccc(NC(=O)Nc2nc(CC(=O)N3CC(C)OC(C)C3)cs2)c1. The molecule has 1 aromatic carbocycles. The first-order valence-electron chi connectivity index (χ1n) is 8.91. The molecule has 144 valence electrons. The van der Waals surface area contributed by atoms with Gasteiger partial charge in [-0.1, -0.05) is 12.1 Å². The summed E-state index contributed by atoms with van der Waals surface area (Å²) in [7, 11) is 0. The minimum Gasteiger partial charge on any atom is -0.372 e. The molecule has 3 rings (SSSR count). The number of nitrogens with one attached hydrogen (secondary N) is 2. The van der Waals surface area contributed by atoms with Gasteiger partial charge in [-0.05, 0) is 38.5 Å². The highest BCUT2D eigenvalue weighted by atomic mass is 32.1. The van der Waals surface area contributed by atoms with E-state index in [0.717, 1.165) is 11.3 Å². The predicted molar refractivity (Wildman–Crippen MR) is 106 cm³/mol. The zero-order valence-electron chi connectivity index (χ0n) is 15.7. The molecule has 2 N–H and O–H groups in total. The van der Waals surface area contributed by atoms with Gasteiger partial charge in [0.2, 0.25) is 5.91 Å². The summed E-state index contributed by atoms with van der Waals surface area (Å²) in [6.07, 6.45) is 0.295. The van der Waals surface area contributed by atoms with Gasteiger partial charge in [0.1, 0.15) is 0 Å². The number of urea groups is 1. The van der Waals surface area contributed by atoms with Crippen LogP contribution >= 0.6 is 11.3 Å². The van der Waals surface area contributed by atoms with E-state index in [0.29, 0.717) is 23.9 Å². The number of ether oxygens (including phenoxy) is 1. The molecule has 1 fully saturated rings. The fraction of sp³-hybridized carbons (Fsp3) is 0.421. The van der Waals surface area contributed by atoms with Crippen LogP contribution in [0, 0.1) is 6.92 Å². The van der Waals surface area contributed by atoms with Crippen LogP contribution in [0.15, 0.2) is 29.6 Å².